The highest BCUT2D eigenvalue weighted by Gasteiger charge is 2.13. The summed E-state index contributed by atoms with van der Waals surface area (Å²) < 4.78 is 0.900. The average Bonchev–Trinajstić information content (AvgIpc) is 2.33. The number of hydrogen-bond donors (Lipinski definition) is 2. The lowest BCUT2D eigenvalue weighted by atomic mass is 10.2. The third-order valence-electron chi connectivity index (χ3n) is 3.08. The van der Waals surface area contributed by atoms with Gasteiger partial charge >= 0.3 is 5.97 Å². The quantitative estimate of drug-likeness (QED) is 0.339. The Kier molecular flexibility index (Phi) is 8.87. The van der Waals surface area contributed by atoms with Gasteiger partial charge in [-0.2, -0.15) is 0 Å². The van der Waals surface area contributed by atoms with Gasteiger partial charge in [-0.1, -0.05) is 6.58 Å². The Balaban J connectivity index is 3.59. The highest BCUT2D eigenvalue weighted by atomic mass is 16.4. The Morgan fingerprint density at radius 2 is 1.79 bits per heavy atom. The summed E-state index contributed by atoms with van der Waals surface area (Å²) in [6.45, 7) is 6.11. The first-order valence-corrected chi connectivity index (χ1v) is 6.81. The molecule has 5 heteroatoms. The number of aliphatic carboxylic acids is 1. The number of nitrogens with zero attached hydrogens (tertiary/aromatic N) is 1. The molecule has 0 radical (unpaired) electrons. The molecule has 110 valence electrons. The topological polar surface area (TPSA) is 66.4 Å². The van der Waals surface area contributed by atoms with E-state index in [4.69, 9.17) is 5.11 Å². The number of carboxylic acid groups (broad SMARTS) is 1. The summed E-state index contributed by atoms with van der Waals surface area (Å²) in [4.78, 5) is 21.3. The Morgan fingerprint density at radius 3 is 2.37 bits per heavy atom. The standard InChI is InChI=1S/C14H26N2O3/c1-4-13(17)15-10-8-12-16(2,3)11-7-5-6-9-14(18)19/h4H,1,5-12H2,2-3H3,(H-,15,17,18,19)/p+1. The molecule has 0 aliphatic rings. The van der Waals surface area contributed by atoms with Gasteiger partial charge in [0.15, 0.2) is 0 Å². The Labute approximate surface area is 115 Å². The molecule has 0 saturated heterocycles. The first-order chi connectivity index (χ1) is 8.87. The number of carbonyl (C=O) groups is 2. The molecule has 0 saturated carbocycles. The SMILES string of the molecule is C=CC(=O)NCCC[N+](C)(C)CCCCCC(=O)O. The molecule has 1 amide bonds. The van der Waals surface area contributed by atoms with Crippen LogP contribution in [0, 0.1) is 0 Å². The fourth-order valence-corrected chi connectivity index (χ4v) is 1.90. The van der Waals surface area contributed by atoms with Crippen molar-refractivity contribution in [2.45, 2.75) is 32.1 Å². The van der Waals surface area contributed by atoms with Crippen LogP contribution < -0.4 is 5.32 Å². The Hall–Kier alpha value is -1.36. The van der Waals surface area contributed by atoms with E-state index in [0.29, 0.717) is 6.54 Å². The summed E-state index contributed by atoms with van der Waals surface area (Å²) >= 11 is 0. The first kappa shape index (κ1) is 17.6. The zero-order valence-corrected chi connectivity index (χ0v) is 12.2. The maximum Gasteiger partial charge on any atom is 0.303 e. The van der Waals surface area contributed by atoms with Crippen LogP contribution in [0.4, 0.5) is 0 Å². The summed E-state index contributed by atoms with van der Waals surface area (Å²) in [5, 5.41) is 11.3. The number of nitrogens with one attached hydrogen (secondary N) is 1. The number of quaternary nitrogens is 1. The molecule has 19 heavy (non-hydrogen) atoms. The number of carboxylic acids is 1. The molecule has 0 aromatic heterocycles. The number of unbranched alkanes of at least 4 members (excludes halogenated alkanes) is 2. The molecule has 5 nitrogen and oxygen atoms in total. The number of rotatable bonds is 11. The zero-order valence-electron chi connectivity index (χ0n) is 12.2. The minimum atomic E-state index is -0.716. The number of carbonyl (C=O) groups excluding carboxylic acids is 1. The summed E-state index contributed by atoms with van der Waals surface area (Å²) in [7, 11) is 4.32. The van der Waals surface area contributed by atoms with Crippen molar-refractivity contribution < 1.29 is 19.2 Å². The molecular formula is C14H27N2O3+. The largest absolute Gasteiger partial charge is 0.481 e. The van der Waals surface area contributed by atoms with Gasteiger partial charge in [-0.15, -0.1) is 0 Å². The molecule has 0 heterocycles. The lowest BCUT2D eigenvalue weighted by molar-refractivity contribution is -0.890. The minimum absolute atomic E-state index is 0.126. The highest BCUT2D eigenvalue weighted by molar-refractivity contribution is 5.86. The van der Waals surface area contributed by atoms with Crippen LogP contribution in [-0.4, -0.2) is 55.2 Å². The van der Waals surface area contributed by atoms with E-state index in [1.807, 2.05) is 0 Å². The van der Waals surface area contributed by atoms with Crippen LogP contribution in [-0.2, 0) is 9.59 Å². The van der Waals surface area contributed by atoms with E-state index >= 15 is 0 Å². The molecule has 0 aromatic rings. The second-order valence-electron chi connectivity index (χ2n) is 5.44. The second kappa shape index (κ2) is 9.55. The molecule has 0 rings (SSSR count). The van der Waals surface area contributed by atoms with Crippen LogP contribution in [0.1, 0.15) is 32.1 Å². The molecule has 0 aliphatic carbocycles. The van der Waals surface area contributed by atoms with E-state index in [0.717, 1.165) is 43.3 Å². The summed E-state index contributed by atoms with van der Waals surface area (Å²) in [6.07, 6.45) is 5.23. The molecule has 0 aliphatic heterocycles. The van der Waals surface area contributed by atoms with Crippen molar-refractivity contribution in [3.63, 3.8) is 0 Å². The predicted octanol–water partition coefficient (Wildman–Crippen LogP) is 1.40. The van der Waals surface area contributed by atoms with E-state index in [-0.39, 0.29) is 12.3 Å². The molecule has 0 unspecified atom stereocenters. The van der Waals surface area contributed by atoms with E-state index in [1.54, 1.807) is 0 Å². The third-order valence-corrected chi connectivity index (χ3v) is 3.08. The van der Waals surface area contributed by atoms with Crippen molar-refractivity contribution >= 4 is 11.9 Å². The van der Waals surface area contributed by atoms with Crippen molar-refractivity contribution in [1.82, 2.24) is 5.32 Å². The van der Waals surface area contributed by atoms with Crippen LogP contribution in [0.5, 0.6) is 0 Å². The minimum Gasteiger partial charge on any atom is -0.481 e. The van der Waals surface area contributed by atoms with Gasteiger partial charge in [0.1, 0.15) is 0 Å². The van der Waals surface area contributed by atoms with Gasteiger partial charge in [0.05, 0.1) is 27.2 Å². The van der Waals surface area contributed by atoms with Gasteiger partial charge < -0.3 is 14.9 Å². The third kappa shape index (κ3) is 11.5. The van der Waals surface area contributed by atoms with E-state index in [9.17, 15) is 9.59 Å². The fraction of sp³-hybridized carbons (Fsp3) is 0.714. The number of hydrogen-bond acceptors (Lipinski definition) is 2. The van der Waals surface area contributed by atoms with Crippen LogP contribution in [0.25, 0.3) is 0 Å². The fourth-order valence-electron chi connectivity index (χ4n) is 1.90. The van der Waals surface area contributed by atoms with Crippen LogP contribution in [0.15, 0.2) is 12.7 Å². The predicted molar refractivity (Wildman–Crippen MR) is 75.8 cm³/mol. The molecule has 0 aromatic carbocycles. The van der Waals surface area contributed by atoms with E-state index in [2.05, 4.69) is 26.0 Å². The number of amides is 1. The molecular weight excluding hydrogens is 244 g/mol. The molecule has 0 atom stereocenters. The molecule has 0 bridgehead atoms. The van der Waals surface area contributed by atoms with Gasteiger partial charge in [-0.05, 0) is 25.3 Å². The second-order valence-corrected chi connectivity index (χ2v) is 5.44. The van der Waals surface area contributed by atoms with Gasteiger partial charge in [-0.25, -0.2) is 0 Å². The maximum absolute atomic E-state index is 11.0. The Morgan fingerprint density at radius 1 is 1.16 bits per heavy atom. The summed E-state index contributed by atoms with van der Waals surface area (Å²) in [6, 6.07) is 0. The van der Waals surface area contributed by atoms with E-state index in [1.165, 1.54) is 6.08 Å². The van der Waals surface area contributed by atoms with Gasteiger partial charge in [-0.3, -0.25) is 9.59 Å². The lowest BCUT2D eigenvalue weighted by Crippen LogP contribution is -2.42. The van der Waals surface area contributed by atoms with Gasteiger partial charge in [0, 0.05) is 19.4 Å². The van der Waals surface area contributed by atoms with Gasteiger partial charge in [0.2, 0.25) is 5.91 Å². The van der Waals surface area contributed by atoms with Gasteiger partial charge in [0.25, 0.3) is 0 Å². The lowest BCUT2D eigenvalue weighted by Gasteiger charge is -2.29. The summed E-state index contributed by atoms with van der Waals surface area (Å²) in [5.74, 6) is -0.842. The molecule has 2 N–H and O–H groups in total. The molecule has 0 spiro atoms. The monoisotopic (exact) mass is 271 g/mol. The molecule has 0 fully saturated rings. The van der Waals surface area contributed by atoms with Crippen molar-refractivity contribution in [2.24, 2.45) is 0 Å². The van der Waals surface area contributed by atoms with Crippen LogP contribution in [0.3, 0.4) is 0 Å². The Bertz CT molecular complexity index is 301. The highest BCUT2D eigenvalue weighted by Crippen LogP contribution is 2.06. The van der Waals surface area contributed by atoms with Crippen molar-refractivity contribution in [3.8, 4) is 0 Å². The van der Waals surface area contributed by atoms with Crippen molar-refractivity contribution in [1.29, 1.82) is 0 Å². The van der Waals surface area contributed by atoms with Crippen LogP contribution in [0.2, 0.25) is 0 Å². The first-order valence-electron chi connectivity index (χ1n) is 6.81. The normalized spacial score (nSPS) is 11.1. The van der Waals surface area contributed by atoms with E-state index < -0.39 is 5.97 Å². The zero-order chi connectivity index (χ0) is 14.7. The maximum atomic E-state index is 11.0. The summed E-state index contributed by atoms with van der Waals surface area (Å²) in [5.41, 5.74) is 0. The van der Waals surface area contributed by atoms with Crippen LogP contribution >= 0.6 is 0 Å². The van der Waals surface area contributed by atoms with Crippen molar-refractivity contribution in [2.75, 3.05) is 33.7 Å². The van der Waals surface area contributed by atoms with Crippen molar-refractivity contribution in [3.05, 3.63) is 12.7 Å². The average molecular weight is 271 g/mol. The smallest absolute Gasteiger partial charge is 0.303 e.